The van der Waals surface area contributed by atoms with Gasteiger partial charge in [-0.25, -0.2) is 0 Å². The minimum atomic E-state index is 0.604. The molecule has 0 saturated heterocycles. The van der Waals surface area contributed by atoms with Gasteiger partial charge < -0.3 is 4.74 Å². The quantitative estimate of drug-likeness (QED) is 0.585. The topological polar surface area (TPSA) is 21.3 Å². The van der Waals surface area contributed by atoms with Crippen LogP contribution >= 0.6 is 0 Å². The summed E-state index contributed by atoms with van der Waals surface area (Å²) in [6.07, 6.45) is 0. The van der Waals surface area contributed by atoms with Crippen molar-refractivity contribution in [2.24, 2.45) is 0 Å². The van der Waals surface area contributed by atoms with Gasteiger partial charge in [-0.05, 0) is 43.0 Å². The molecule has 0 heterocycles. The molecule has 0 fully saturated rings. The van der Waals surface area contributed by atoms with E-state index in [2.05, 4.69) is 38.2 Å². The molecular weight excluding hydrogens is 174 g/mol. The van der Waals surface area contributed by atoms with Crippen LogP contribution in [0.5, 0.6) is 0 Å². The lowest BCUT2D eigenvalue weighted by Crippen LogP contribution is -2.16. The summed E-state index contributed by atoms with van der Waals surface area (Å²) in [6, 6.07) is 4.35. The van der Waals surface area contributed by atoms with E-state index in [4.69, 9.17) is 4.74 Å². The van der Waals surface area contributed by atoms with Gasteiger partial charge in [0.2, 0.25) is 0 Å². The molecule has 2 heteroatoms. The van der Waals surface area contributed by atoms with Gasteiger partial charge in [-0.3, -0.25) is 5.32 Å². The lowest BCUT2D eigenvalue weighted by Gasteiger charge is -2.11. The van der Waals surface area contributed by atoms with Crippen LogP contribution in [0, 0.1) is 20.8 Å². The SMILES string of the molecule is COCNCc1ccc(C)c(C)c1C. The van der Waals surface area contributed by atoms with Gasteiger partial charge in [-0.15, -0.1) is 0 Å². The molecule has 2 nitrogen and oxygen atoms in total. The summed E-state index contributed by atoms with van der Waals surface area (Å²) < 4.78 is 4.95. The molecule has 1 N–H and O–H groups in total. The number of hydrogen-bond acceptors (Lipinski definition) is 2. The predicted octanol–water partition coefficient (Wildman–Crippen LogP) is 2.31. The van der Waals surface area contributed by atoms with Gasteiger partial charge in [-0.2, -0.15) is 0 Å². The number of ether oxygens (including phenoxy) is 1. The van der Waals surface area contributed by atoms with Crippen molar-refractivity contribution in [3.05, 3.63) is 34.4 Å². The Bertz CT molecular complexity index is 307. The summed E-state index contributed by atoms with van der Waals surface area (Å²) in [4.78, 5) is 0. The van der Waals surface area contributed by atoms with Crippen molar-refractivity contribution >= 4 is 0 Å². The highest BCUT2D eigenvalue weighted by Crippen LogP contribution is 2.16. The van der Waals surface area contributed by atoms with E-state index in [1.54, 1.807) is 7.11 Å². The van der Waals surface area contributed by atoms with Crippen LogP contribution in [0.2, 0.25) is 0 Å². The number of benzene rings is 1. The summed E-state index contributed by atoms with van der Waals surface area (Å²) in [5, 5.41) is 3.22. The summed E-state index contributed by atoms with van der Waals surface area (Å²) in [7, 11) is 1.69. The van der Waals surface area contributed by atoms with Crippen molar-refractivity contribution in [2.45, 2.75) is 27.3 Å². The van der Waals surface area contributed by atoms with Crippen LogP contribution in [-0.4, -0.2) is 13.8 Å². The average molecular weight is 193 g/mol. The summed E-state index contributed by atoms with van der Waals surface area (Å²) >= 11 is 0. The fourth-order valence-corrected chi connectivity index (χ4v) is 1.49. The molecule has 1 rings (SSSR count). The van der Waals surface area contributed by atoms with Crippen molar-refractivity contribution in [1.82, 2.24) is 5.32 Å². The van der Waals surface area contributed by atoms with E-state index in [0.29, 0.717) is 6.73 Å². The molecule has 0 aliphatic carbocycles. The van der Waals surface area contributed by atoms with Crippen LogP contribution in [0.25, 0.3) is 0 Å². The molecule has 0 aliphatic rings. The Balaban J connectivity index is 2.73. The van der Waals surface area contributed by atoms with Crippen molar-refractivity contribution in [2.75, 3.05) is 13.8 Å². The fourth-order valence-electron chi connectivity index (χ4n) is 1.49. The lowest BCUT2D eigenvalue weighted by molar-refractivity contribution is 0.174. The second-order valence-corrected chi connectivity index (χ2v) is 3.65. The molecular formula is C12H19NO. The minimum Gasteiger partial charge on any atom is -0.370 e. The highest BCUT2D eigenvalue weighted by atomic mass is 16.5. The van der Waals surface area contributed by atoms with E-state index >= 15 is 0 Å². The number of hydrogen-bond donors (Lipinski definition) is 1. The Morgan fingerprint density at radius 3 is 2.50 bits per heavy atom. The Morgan fingerprint density at radius 1 is 1.14 bits per heavy atom. The van der Waals surface area contributed by atoms with Crippen LogP contribution in [0.3, 0.4) is 0 Å². The maximum atomic E-state index is 4.95. The first-order valence-corrected chi connectivity index (χ1v) is 4.92. The summed E-state index contributed by atoms with van der Waals surface area (Å²) in [5.41, 5.74) is 5.48. The van der Waals surface area contributed by atoms with Gasteiger partial charge in [0.05, 0.1) is 6.73 Å². The molecule has 78 valence electrons. The van der Waals surface area contributed by atoms with E-state index < -0.39 is 0 Å². The zero-order valence-electron chi connectivity index (χ0n) is 9.48. The van der Waals surface area contributed by atoms with Gasteiger partial charge in [0.1, 0.15) is 0 Å². The first kappa shape index (κ1) is 11.2. The molecule has 0 atom stereocenters. The zero-order valence-corrected chi connectivity index (χ0v) is 9.48. The van der Waals surface area contributed by atoms with Crippen LogP contribution < -0.4 is 5.32 Å². The van der Waals surface area contributed by atoms with E-state index in [1.165, 1.54) is 22.3 Å². The van der Waals surface area contributed by atoms with Crippen molar-refractivity contribution in [3.8, 4) is 0 Å². The smallest absolute Gasteiger partial charge is 0.0964 e. The molecule has 0 unspecified atom stereocenters. The monoisotopic (exact) mass is 193 g/mol. The van der Waals surface area contributed by atoms with Gasteiger partial charge in [0.25, 0.3) is 0 Å². The third-order valence-electron chi connectivity index (χ3n) is 2.73. The van der Waals surface area contributed by atoms with E-state index in [0.717, 1.165) is 6.54 Å². The number of aryl methyl sites for hydroxylation is 1. The van der Waals surface area contributed by atoms with Crippen molar-refractivity contribution in [3.63, 3.8) is 0 Å². The van der Waals surface area contributed by atoms with Gasteiger partial charge in [0, 0.05) is 13.7 Å². The molecule has 0 aromatic heterocycles. The highest BCUT2D eigenvalue weighted by Gasteiger charge is 2.02. The molecule has 0 aliphatic heterocycles. The summed E-state index contributed by atoms with van der Waals surface area (Å²) in [5.74, 6) is 0. The Labute approximate surface area is 86.3 Å². The molecule has 0 spiro atoms. The standard InChI is InChI=1S/C12H19NO/c1-9-5-6-12(7-13-8-14-4)11(3)10(9)2/h5-6,13H,7-8H2,1-4H3. The zero-order chi connectivity index (χ0) is 10.6. The van der Waals surface area contributed by atoms with E-state index in [-0.39, 0.29) is 0 Å². The molecule has 1 aromatic rings. The molecule has 14 heavy (non-hydrogen) atoms. The molecule has 0 radical (unpaired) electrons. The Hall–Kier alpha value is -0.860. The van der Waals surface area contributed by atoms with Crippen LogP contribution in [0.1, 0.15) is 22.3 Å². The second-order valence-electron chi connectivity index (χ2n) is 3.65. The first-order chi connectivity index (χ1) is 6.66. The maximum absolute atomic E-state index is 4.95. The second kappa shape index (κ2) is 5.13. The maximum Gasteiger partial charge on any atom is 0.0964 e. The predicted molar refractivity (Wildman–Crippen MR) is 59.4 cm³/mol. The molecule has 0 amide bonds. The fraction of sp³-hybridized carbons (Fsp3) is 0.500. The number of nitrogens with one attached hydrogen (secondary N) is 1. The average Bonchev–Trinajstić information content (AvgIpc) is 2.18. The molecule has 0 bridgehead atoms. The molecule has 0 saturated carbocycles. The van der Waals surface area contributed by atoms with Crippen molar-refractivity contribution < 1.29 is 4.74 Å². The molecule has 1 aromatic carbocycles. The van der Waals surface area contributed by atoms with E-state index in [9.17, 15) is 0 Å². The number of methoxy groups -OCH3 is 1. The van der Waals surface area contributed by atoms with Crippen LogP contribution in [-0.2, 0) is 11.3 Å². The van der Waals surface area contributed by atoms with Gasteiger partial charge >= 0.3 is 0 Å². The third kappa shape index (κ3) is 2.56. The highest BCUT2D eigenvalue weighted by molar-refractivity contribution is 5.38. The van der Waals surface area contributed by atoms with Gasteiger partial charge in [0.15, 0.2) is 0 Å². The number of rotatable bonds is 4. The minimum absolute atomic E-state index is 0.604. The Kier molecular flexibility index (Phi) is 4.11. The van der Waals surface area contributed by atoms with E-state index in [1.807, 2.05) is 0 Å². The van der Waals surface area contributed by atoms with Crippen LogP contribution in [0.15, 0.2) is 12.1 Å². The summed E-state index contributed by atoms with van der Waals surface area (Å²) in [6.45, 7) is 7.97. The van der Waals surface area contributed by atoms with Gasteiger partial charge in [-0.1, -0.05) is 12.1 Å². The largest absolute Gasteiger partial charge is 0.370 e. The Morgan fingerprint density at radius 2 is 1.86 bits per heavy atom. The van der Waals surface area contributed by atoms with Crippen LogP contribution in [0.4, 0.5) is 0 Å². The normalized spacial score (nSPS) is 10.6. The first-order valence-electron chi connectivity index (χ1n) is 4.92. The third-order valence-corrected chi connectivity index (χ3v) is 2.73. The lowest BCUT2D eigenvalue weighted by atomic mass is 9.99. The van der Waals surface area contributed by atoms with Crippen molar-refractivity contribution in [1.29, 1.82) is 0 Å².